The first-order valence-electron chi connectivity index (χ1n) is 9.15. The Morgan fingerprint density at radius 3 is 2.60 bits per heavy atom. The molecule has 30 heavy (non-hydrogen) atoms. The highest BCUT2D eigenvalue weighted by Gasteiger charge is 2.15. The van der Waals surface area contributed by atoms with Crippen molar-refractivity contribution in [1.29, 1.82) is 0 Å². The van der Waals surface area contributed by atoms with Crippen LogP contribution in [0.2, 0.25) is 15.1 Å². The first-order valence-corrected chi connectivity index (χ1v) is 10.3. The molecule has 3 aromatic rings. The highest BCUT2D eigenvalue weighted by Crippen LogP contribution is 2.38. The van der Waals surface area contributed by atoms with Crippen LogP contribution in [-0.2, 0) is 19.7 Å². The molecule has 0 unspecified atom stereocenters. The van der Waals surface area contributed by atoms with Crippen molar-refractivity contribution in [2.45, 2.75) is 26.6 Å². The van der Waals surface area contributed by atoms with Gasteiger partial charge in [-0.05, 0) is 47.2 Å². The minimum atomic E-state index is 0.159. The Labute approximate surface area is 189 Å². The van der Waals surface area contributed by atoms with Crippen LogP contribution in [0.15, 0.2) is 43.0 Å². The number of allylic oxidation sites excluding steroid dienone is 1. The topological polar surface area (TPSA) is 74.1 Å². The van der Waals surface area contributed by atoms with Crippen LogP contribution in [-0.4, -0.2) is 26.8 Å². The maximum absolute atomic E-state index is 6.50. The molecule has 7 nitrogen and oxygen atoms in total. The first kappa shape index (κ1) is 22.2. The van der Waals surface area contributed by atoms with Crippen LogP contribution in [0.25, 0.3) is 0 Å². The lowest BCUT2D eigenvalue weighted by Gasteiger charge is -2.16. The molecule has 0 aliphatic rings. The van der Waals surface area contributed by atoms with E-state index in [2.05, 4.69) is 27.4 Å². The number of benzene rings is 2. The van der Waals surface area contributed by atoms with Crippen molar-refractivity contribution < 1.29 is 9.47 Å². The number of nitrogens with zero attached hydrogens (tertiary/aromatic N) is 4. The summed E-state index contributed by atoms with van der Waals surface area (Å²) in [6.45, 7) is 7.12. The van der Waals surface area contributed by atoms with Gasteiger partial charge < -0.3 is 14.8 Å². The fraction of sp³-hybridized carbons (Fsp3) is 0.250. The average molecular weight is 469 g/mol. The number of anilines is 1. The summed E-state index contributed by atoms with van der Waals surface area (Å²) in [5.74, 6) is 1.48. The third-order valence-electron chi connectivity index (χ3n) is 4.08. The second-order valence-corrected chi connectivity index (χ2v) is 7.38. The van der Waals surface area contributed by atoms with Gasteiger partial charge in [0.25, 0.3) is 0 Å². The lowest BCUT2D eigenvalue weighted by Crippen LogP contribution is -2.09. The second-order valence-electron chi connectivity index (χ2n) is 6.15. The quantitative estimate of drug-likeness (QED) is 0.401. The molecule has 0 radical (unpaired) electrons. The van der Waals surface area contributed by atoms with E-state index in [9.17, 15) is 0 Å². The standard InChI is InChI=1S/C20H20Cl3N5O2/c1-3-8-28-20(25-26-27-28)24-11-13-9-17(23)19(18(10-13)29-4-2)30-12-14-15(21)6-5-7-16(14)22/h3,5-7,9-10H,1,4,8,11-12H2,2H3,(H,24,25,27). The molecular weight excluding hydrogens is 449 g/mol. The van der Waals surface area contributed by atoms with E-state index < -0.39 is 0 Å². The molecule has 0 bridgehead atoms. The largest absolute Gasteiger partial charge is 0.490 e. The summed E-state index contributed by atoms with van der Waals surface area (Å²) >= 11 is 19.0. The van der Waals surface area contributed by atoms with E-state index in [0.717, 1.165) is 5.56 Å². The van der Waals surface area contributed by atoms with Gasteiger partial charge in [-0.25, -0.2) is 4.68 Å². The lowest BCUT2D eigenvalue weighted by atomic mass is 10.2. The van der Waals surface area contributed by atoms with Crippen molar-refractivity contribution in [2.75, 3.05) is 11.9 Å². The van der Waals surface area contributed by atoms with Gasteiger partial charge in [0, 0.05) is 22.2 Å². The van der Waals surface area contributed by atoms with Gasteiger partial charge >= 0.3 is 0 Å². The minimum absolute atomic E-state index is 0.159. The highest BCUT2D eigenvalue weighted by molar-refractivity contribution is 6.36. The van der Waals surface area contributed by atoms with Crippen molar-refractivity contribution in [1.82, 2.24) is 20.2 Å². The van der Waals surface area contributed by atoms with E-state index in [-0.39, 0.29) is 6.61 Å². The molecule has 0 aliphatic heterocycles. The van der Waals surface area contributed by atoms with E-state index >= 15 is 0 Å². The predicted octanol–water partition coefficient (Wildman–Crippen LogP) is 5.41. The van der Waals surface area contributed by atoms with Crippen LogP contribution >= 0.6 is 34.8 Å². The predicted molar refractivity (Wildman–Crippen MR) is 119 cm³/mol. The second kappa shape index (κ2) is 10.5. The smallest absolute Gasteiger partial charge is 0.243 e. The summed E-state index contributed by atoms with van der Waals surface area (Å²) in [7, 11) is 0. The Bertz CT molecular complexity index is 1010. The molecule has 3 rings (SSSR count). The maximum Gasteiger partial charge on any atom is 0.243 e. The molecule has 1 N–H and O–H groups in total. The Morgan fingerprint density at radius 1 is 1.13 bits per heavy atom. The van der Waals surface area contributed by atoms with Crippen LogP contribution < -0.4 is 14.8 Å². The molecule has 158 valence electrons. The van der Waals surface area contributed by atoms with Crippen molar-refractivity contribution >= 4 is 40.8 Å². The van der Waals surface area contributed by atoms with Gasteiger partial charge in [0.1, 0.15) is 6.61 Å². The molecule has 1 heterocycles. The molecule has 0 spiro atoms. The zero-order valence-electron chi connectivity index (χ0n) is 16.2. The molecule has 0 atom stereocenters. The molecule has 0 fully saturated rings. The zero-order valence-corrected chi connectivity index (χ0v) is 18.5. The summed E-state index contributed by atoms with van der Waals surface area (Å²) in [6.07, 6.45) is 1.71. The molecule has 2 aromatic carbocycles. The monoisotopic (exact) mass is 467 g/mol. The number of ether oxygens (including phenoxy) is 2. The number of tetrazole rings is 1. The van der Waals surface area contributed by atoms with E-state index in [1.807, 2.05) is 13.0 Å². The van der Waals surface area contributed by atoms with Gasteiger partial charge in [-0.1, -0.05) is 52.0 Å². The number of hydrogen-bond donors (Lipinski definition) is 1. The summed E-state index contributed by atoms with van der Waals surface area (Å²) in [6, 6.07) is 8.94. The van der Waals surface area contributed by atoms with E-state index in [1.54, 1.807) is 35.0 Å². The van der Waals surface area contributed by atoms with Gasteiger partial charge in [0.15, 0.2) is 11.5 Å². The Hall–Kier alpha value is -2.48. The number of rotatable bonds is 10. The molecule has 0 saturated heterocycles. The Morgan fingerprint density at radius 2 is 1.90 bits per heavy atom. The number of aromatic nitrogens is 4. The zero-order chi connectivity index (χ0) is 21.5. The van der Waals surface area contributed by atoms with E-state index in [4.69, 9.17) is 44.3 Å². The summed E-state index contributed by atoms with van der Waals surface area (Å²) < 4.78 is 13.3. The normalized spacial score (nSPS) is 10.7. The van der Waals surface area contributed by atoms with Gasteiger partial charge in [-0.15, -0.1) is 6.58 Å². The third-order valence-corrected chi connectivity index (χ3v) is 5.07. The number of halogens is 3. The van der Waals surface area contributed by atoms with Gasteiger partial charge in [0.05, 0.1) is 18.2 Å². The fourth-order valence-electron chi connectivity index (χ4n) is 2.70. The first-order chi connectivity index (χ1) is 14.5. The van der Waals surface area contributed by atoms with Gasteiger partial charge in [-0.3, -0.25) is 0 Å². The molecule has 0 saturated carbocycles. The SMILES string of the molecule is C=CCn1nnnc1NCc1cc(Cl)c(OCc2c(Cl)cccc2Cl)c(OCC)c1. The number of hydrogen-bond acceptors (Lipinski definition) is 6. The summed E-state index contributed by atoms with van der Waals surface area (Å²) in [5.41, 5.74) is 1.55. The van der Waals surface area contributed by atoms with Crippen LogP contribution in [0.3, 0.4) is 0 Å². The van der Waals surface area contributed by atoms with Crippen molar-refractivity contribution in [3.05, 3.63) is 69.2 Å². The van der Waals surface area contributed by atoms with Crippen molar-refractivity contribution in [3.63, 3.8) is 0 Å². The van der Waals surface area contributed by atoms with Crippen molar-refractivity contribution in [3.8, 4) is 11.5 Å². The van der Waals surface area contributed by atoms with Gasteiger partial charge in [0.2, 0.25) is 5.95 Å². The Balaban J connectivity index is 1.78. The van der Waals surface area contributed by atoms with Crippen LogP contribution in [0.4, 0.5) is 5.95 Å². The molecule has 1 aromatic heterocycles. The third kappa shape index (κ3) is 5.36. The van der Waals surface area contributed by atoms with E-state index in [0.29, 0.717) is 57.8 Å². The minimum Gasteiger partial charge on any atom is -0.490 e. The van der Waals surface area contributed by atoms with Crippen LogP contribution in [0.5, 0.6) is 11.5 Å². The molecule has 10 heteroatoms. The fourth-order valence-corrected chi connectivity index (χ4v) is 3.49. The molecular formula is C20H20Cl3N5O2. The molecule has 0 aliphatic carbocycles. The van der Waals surface area contributed by atoms with Crippen LogP contribution in [0.1, 0.15) is 18.1 Å². The summed E-state index contributed by atoms with van der Waals surface area (Å²) in [4.78, 5) is 0. The van der Waals surface area contributed by atoms with Crippen molar-refractivity contribution in [2.24, 2.45) is 0 Å². The highest BCUT2D eigenvalue weighted by atomic mass is 35.5. The average Bonchev–Trinajstić information content (AvgIpc) is 3.15. The summed E-state index contributed by atoms with van der Waals surface area (Å²) in [5, 5.41) is 16.1. The van der Waals surface area contributed by atoms with E-state index in [1.165, 1.54) is 0 Å². The molecule has 0 amide bonds. The van der Waals surface area contributed by atoms with Crippen LogP contribution in [0, 0.1) is 0 Å². The number of nitrogens with one attached hydrogen (secondary N) is 1. The Kier molecular flexibility index (Phi) is 7.79. The lowest BCUT2D eigenvalue weighted by molar-refractivity contribution is 0.269. The van der Waals surface area contributed by atoms with Gasteiger partial charge in [-0.2, -0.15) is 0 Å². The maximum atomic E-state index is 6.50.